The summed E-state index contributed by atoms with van der Waals surface area (Å²) in [6.45, 7) is 4.18. The molecule has 0 radical (unpaired) electrons. The first-order valence-electron chi connectivity index (χ1n) is 5.98. The van der Waals surface area contributed by atoms with E-state index in [4.69, 9.17) is 22.7 Å². The van der Waals surface area contributed by atoms with Crippen LogP contribution in [0.15, 0.2) is 24.3 Å². The maximum Gasteiger partial charge on any atom is 0.124 e. The lowest BCUT2D eigenvalue weighted by molar-refractivity contribution is 0.415. The minimum atomic E-state index is 0.305. The Bertz CT molecular complexity index is 588. The van der Waals surface area contributed by atoms with Crippen molar-refractivity contribution in [3.05, 3.63) is 34.8 Å². The normalized spacial score (nSPS) is 10.7. The number of thiocarbonyl (C=S) groups is 1. The van der Waals surface area contributed by atoms with Crippen LogP contribution in [0.5, 0.6) is 5.75 Å². The van der Waals surface area contributed by atoms with E-state index in [0.29, 0.717) is 10.9 Å². The standard InChI is InChI=1S/C14H16N2OS2/c1-8(2)11-12(13(15)18)19-14(16-11)9-4-6-10(17-3)7-5-9/h4-8H,1-3H3,(H2,15,18). The van der Waals surface area contributed by atoms with Gasteiger partial charge in [-0.25, -0.2) is 4.98 Å². The van der Waals surface area contributed by atoms with E-state index in [-0.39, 0.29) is 0 Å². The van der Waals surface area contributed by atoms with Crippen molar-refractivity contribution in [3.8, 4) is 16.3 Å². The number of methoxy groups -OCH3 is 1. The zero-order valence-corrected chi connectivity index (χ0v) is 12.8. The molecule has 1 aromatic carbocycles. The molecule has 0 aliphatic heterocycles. The number of thiazole rings is 1. The molecule has 0 aliphatic rings. The van der Waals surface area contributed by atoms with Crippen LogP contribution < -0.4 is 10.5 Å². The molecule has 0 fully saturated rings. The molecule has 100 valence electrons. The van der Waals surface area contributed by atoms with Crippen LogP contribution in [0.1, 0.15) is 30.3 Å². The number of rotatable bonds is 4. The number of benzene rings is 1. The van der Waals surface area contributed by atoms with Gasteiger partial charge in [0.25, 0.3) is 0 Å². The van der Waals surface area contributed by atoms with Gasteiger partial charge in [-0.05, 0) is 30.2 Å². The zero-order chi connectivity index (χ0) is 14.0. The van der Waals surface area contributed by atoms with Gasteiger partial charge < -0.3 is 10.5 Å². The fraction of sp³-hybridized carbons (Fsp3) is 0.286. The Morgan fingerprint density at radius 2 is 1.95 bits per heavy atom. The number of ether oxygens (including phenoxy) is 1. The second-order valence-electron chi connectivity index (χ2n) is 4.48. The van der Waals surface area contributed by atoms with Gasteiger partial charge in [0.2, 0.25) is 0 Å². The molecule has 0 saturated carbocycles. The largest absolute Gasteiger partial charge is 0.497 e. The highest BCUT2D eigenvalue weighted by molar-refractivity contribution is 7.81. The summed E-state index contributed by atoms with van der Waals surface area (Å²) in [4.78, 5) is 6.00. The summed E-state index contributed by atoms with van der Waals surface area (Å²) < 4.78 is 5.15. The van der Waals surface area contributed by atoms with E-state index in [9.17, 15) is 0 Å². The molecule has 0 spiro atoms. The molecule has 1 aromatic heterocycles. The highest BCUT2D eigenvalue weighted by Crippen LogP contribution is 2.32. The lowest BCUT2D eigenvalue weighted by Crippen LogP contribution is -2.10. The van der Waals surface area contributed by atoms with E-state index in [1.165, 1.54) is 0 Å². The van der Waals surface area contributed by atoms with Crippen LogP contribution in [0.4, 0.5) is 0 Å². The smallest absolute Gasteiger partial charge is 0.124 e. The van der Waals surface area contributed by atoms with Gasteiger partial charge in [0.15, 0.2) is 0 Å². The van der Waals surface area contributed by atoms with E-state index in [0.717, 1.165) is 26.9 Å². The number of nitrogens with two attached hydrogens (primary N) is 1. The second kappa shape index (κ2) is 5.67. The third-order valence-corrected chi connectivity index (χ3v) is 4.25. The predicted octanol–water partition coefficient (Wildman–Crippen LogP) is 3.58. The Morgan fingerprint density at radius 1 is 1.32 bits per heavy atom. The number of aromatic nitrogens is 1. The molecule has 0 atom stereocenters. The molecular formula is C14H16N2OS2. The number of hydrogen-bond donors (Lipinski definition) is 1. The fourth-order valence-corrected chi connectivity index (χ4v) is 3.06. The summed E-state index contributed by atoms with van der Waals surface area (Å²) in [6.07, 6.45) is 0. The zero-order valence-electron chi connectivity index (χ0n) is 11.1. The van der Waals surface area contributed by atoms with Crippen molar-refractivity contribution in [2.75, 3.05) is 7.11 Å². The Labute approximate surface area is 122 Å². The Balaban J connectivity index is 2.44. The minimum Gasteiger partial charge on any atom is -0.497 e. The van der Waals surface area contributed by atoms with Crippen LogP contribution in [0, 0.1) is 0 Å². The highest BCUT2D eigenvalue weighted by Gasteiger charge is 2.17. The average Bonchev–Trinajstić information content (AvgIpc) is 2.84. The third kappa shape index (κ3) is 2.93. The highest BCUT2D eigenvalue weighted by atomic mass is 32.1. The first-order valence-corrected chi connectivity index (χ1v) is 7.20. The van der Waals surface area contributed by atoms with Gasteiger partial charge in [0.1, 0.15) is 15.7 Å². The minimum absolute atomic E-state index is 0.305. The van der Waals surface area contributed by atoms with Crippen molar-refractivity contribution < 1.29 is 4.74 Å². The first-order chi connectivity index (χ1) is 9.02. The third-order valence-electron chi connectivity index (χ3n) is 2.76. The van der Waals surface area contributed by atoms with Crippen LogP contribution in [0.3, 0.4) is 0 Å². The van der Waals surface area contributed by atoms with Gasteiger partial charge in [-0.2, -0.15) is 0 Å². The lowest BCUT2D eigenvalue weighted by atomic mass is 10.1. The summed E-state index contributed by atoms with van der Waals surface area (Å²) >= 11 is 6.64. The van der Waals surface area contributed by atoms with Crippen molar-refractivity contribution in [1.82, 2.24) is 4.98 Å². The van der Waals surface area contributed by atoms with E-state index >= 15 is 0 Å². The van der Waals surface area contributed by atoms with Gasteiger partial charge in [0, 0.05) is 5.56 Å². The monoisotopic (exact) mass is 292 g/mol. The van der Waals surface area contributed by atoms with E-state index < -0.39 is 0 Å². The van der Waals surface area contributed by atoms with Gasteiger partial charge in [-0.1, -0.05) is 26.1 Å². The SMILES string of the molecule is COc1ccc(-c2nc(C(C)C)c(C(N)=S)s2)cc1. The van der Waals surface area contributed by atoms with Crippen molar-refractivity contribution in [3.63, 3.8) is 0 Å². The lowest BCUT2D eigenvalue weighted by Gasteiger charge is -2.02. The fourth-order valence-electron chi connectivity index (χ4n) is 1.76. The molecule has 5 heteroatoms. The molecule has 1 heterocycles. The van der Waals surface area contributed by atoms with Gasteiger partial charge in [0.05, 0.1) is 17.7 Å². The topological polar surface area (TPSA) is 48.1 Å². The van der Waals surface area contributed by atoms with E-state index in [1.807, 2.05) is 24.3 Å². The van der Waals surface area contributed by atoms with Crippen molar-refractivity contribution in [2.24, 2.45) is 5.73 Å². The summed E-state index contributed by atoms with van der Waals surface area (Å²) in [5.74, 6) is 1.14. The summed E-state index contributed by atoms with van der Waals surface area (Å²) in [7, 11) is 1.65. The molecule has 0 saturated heterocycles. The second-order valence-corrected chi connectivity index (χ2v) is 5.92. The Kier molecular flexibility index (Phi) is 4.17. The maximum atomic E-state index is 5.77. The predicted molar refractivity (Wildman–Crippen MR) is 84.1 cm³/mol. The Hall–Kier alpha value is -1.46. The summed E-state index contributed by atoms with van der Waals surface area (Å²) in [5, 5.41) is 0.939. The first kappa shape index (κ1) is 14.0. The van der Waals surface area contributed by atoms with Crippen molar-refractivity contribution in [1.29, 1.82) is 0 Å². The van der Waals surface area contributed by atoms with Crippen LogP contribution in [0.2, 0.25) is 0 Å². The van der Waals surface area contributed by atoms with Crippen LogP contribution in [0.25, 0.3) is 10.6 Å². The van der Waals surface area contributed by atoms with Gasteiger partial charge in [-0.3, -0.25) is 0 Å². The van der Waals surface area contributed by atoms with E-state index in [2.05, 4.69) is 18.8 Å². The molecule has 19 heavy (non-hydrogen) atoms. The maximum absolute atomic E-state index is 5.77. The van der Waals surface area contributed by atoms with Crippen LogP contribution >= 0.6 is 23.6 Å². The van der Waals surface area contributed by atoms with Crippen molar-refractivity contribution >= 4 is 28.5 Å². The Morgan fingerprint density at radius 3 is 2.37 bits per heavy atom. The molecule has 2 rings (SSSR count). The number of hydrogen-bond acceptors (Lipinski definition) is 4. The van der Waals surface area contributed by atoms with Gasteiger partial charge >= 0.3 is 0 Å². The van der Waals surface area contributed by atoms with E-state index in [1.54, 1.807) is 18.4 Å². The van der Waals surface area contributed by atoms with Crippen molar-refractivity contribution in [2.45, 2.75) is 19.8 Å². The molecule has 0 aliphatic carbocycles. The summed E-state index contributed by atoms with van der Waals surface area (Å²) in [6, 6.07) is 7.83. The molecule has 2 N–H and O–H groups in total. The average molecular weight is 292 g/mol. The molecule has 0 amide bonds. The molecular weight excluding hydrogens is 276 g/mol. The quantitative estimate of drug-likeness (QED) is 0.875. The molecule has 3 nitrogen and oxygen atoms in total. The van der Waals surface area contributed by atoms with Crippen LogP contribution in [-0.2, 0) is 0 Å². The van der Waals surface area contributed by atoms with Crippen LogP contribution in [-0.4, -0.2) is 17.1 Å². The summed E-state index contributed by atoms with van der Waals surface area (Å²) in [5.41, 5.74) is 7.80. The molecule has 0 bridgehead atoms. The molecule has 0 unspecified atom stereocenters. The number of nitrogens with zero attached hydrogens (tertiary/aromatic N) is 1. The van der Waals surface area contributed by atoms with Gasteiger partial charge in [-0.15, -0.1) is 11.3 Å². The molecule has 2 aromatic rings.